The molecule has 0 aliphatic rings. The van der Waals surface area contributed by atoms with Crippen LogP contribution in [0.2, 0.25) is 0 Å². The Balaban J connectivity index is 2.35. The Hall–Kier alpha value is -1.06. The summed E-state index contributed by atoms with van der Waals surface area (Å²) in [6.07, 6.45) is 0. The number of hydrogen-bond donors (Lipinski definition) is 1. The topological polar surface area (TPSA) is 25.2 Å². The lowest BCUT2D eigenvalue weighted by molar-refractivity contribution is 0.437. The van der Waals surface area contributed by atoms with Gasteiger partial charge >= 0.3 is 0 Å². The maximum Gasteiger partial charge on any atom is 0.169 e. The Kier molecular flexibility index (Phi) is 4.02. The summed E-state index contributed by atoms with van der Waals surface area (Å²) < 4.78 is 6.41. The van der Waals surface area contributed by atoms with E-state index in [1.807, 2.05) is 12.1 Å². The summed E-state index contributed by atoms with van der Waals surface area (Å²) >= 11 is 3.34. The quantitative estimate of drug-likeness (QED) is 0.920. The number of rotatable bonds is 4. The van der Waals surface area contributed by atoms with Crippen molar-refractivity contribution >= 4 is 15.9 Å². The van der Waals surface area contributed by atoms with E-state index in [0.717, 1.165) is 17.0 Å². The van der Waals surface area contributed by atoms with Crippen molar-refractivity contribution in [3.05, 3.63) is 58.0 Å². The van der Waals surface area contributed by atoms with Gasteiger partial charge in [0.05, 0.1) is 6.04 Å². The third-order valence-electron chi connectivity index (χ3n) is 2.66. The molecule has 17 heavy (non-hydrogen) atoms. The largest absolute Gasteiger partial charge is 0.452 e. The first-order valence-corrected chi connectivity index (χ1v) is 6.55. The third-order valence-corrected chi connectivity index (χ3v) is 3.09. The van der Waals surface area contributed by atoms with Crippen molar-refractivity contribution in [3.63, 3.8) is 0 Å². The van der Waals surface area contributed by atoms with Crippen LogP contribution in [0.3, 0.4) is 0 Å². The summed E-state index contributed by atoms with van der Waals surface area (Å²) in [4.78, 5) is 0. The number of halogens is 1. The highest BCUT2D eigenvalue weighted by Gasteiger charge is 2.16. The maximum atomic E-state index is 5.65. The van der Waals surface area contributed by atoms with Gasteiger partial charge in [0, 0.05) is 0 Å². The molecule has 2 rings (SSSR count). The lowest BCUT2D eigenvalue weighted by atomic mass is 10.0. The van der Waals surface area contributed by atoms with E-state index in [2.05, 4.69) is 59.4 Å². The van der Waals surface area contributed by atoms with Crippen molar-refractivity contribution < 1.29 is 4.42 Å². The molecule has 90 valence electrons. The van der Waals surface area contributed by atoms with Gasteiger partial charge in [-0.25, -0.2) is 0 Å². The van der Waals surface area contributed by atoms with Crippen LogP contribution in [0.1, 0.15) is 29.9 Å². The van der Waals surface area contributed by atoms with Gasteiger partial charge in [0.25, 0.3) is 0 Å². The molecular weight excluding hydrogens is 278 g/mol. The van der Waals surface area contributed by atoms with Gasteiger partial charge in [-0.15, -0.1) is 0 Å². The highest BCUT2D eigenvalue weighted by atomic mass is 79.9. The van der Waals surface area contributed by atoms with Crippen molar-refractivity contribution in [1.29, 1.82) is 0 Å². The van der Waals surface area contributed by atoms with Gasteiger partial charge in [-0.2, -0.15) is 0 Å². The second-order valence-electron chi connectivity index (χ2n) is 4.05. The molecule has 0 spiro atoms. The number of aryl methyl sites for hydroxylation is 1. The standard InChI is InChI=1S/C14H16BrNO/c1-3-16-14(12-7-8-13(15)17-12)11-6-4-5-10(2)9-11/h4-9,14,16H,3H2,1-2H3. The minimum atomic E-state index is 0.117. The lowest BCUT2D eigenvalue weighted by Gasteiger charge is -2.16. The molecule has 1 aromatic carbocycles. The van der Waals surface area contributed by atoms with Crippen LogP contribution in [0, 0.1) is 6.92 Å². The SMILES string of the molecule is CCNC(c1cccc(C)c1)c1ccc(Br)o1. The molecular formula is C14H16BrNO. The minimum Gasteiger partial charge on any atom is -0.452 e. The molecule has 1 N–H and O–H groups in total. The van der Waals surface area contributed by atoms with Gasteiger partial charge in [-0.1, -0.05) is 36.8 Å². The van der Waals surface area contributed by atoms with Crippen molar-refractivity contribution in [2.45, 2.75) is 19.9 Å². The molecule has 0 bridgehead atoms. The number of furan rings is 1. The Labute approximate surface area is 110 Å². The van der Waals surface area contributed by atoms with Crippen molar-refractivity contribution in [1.82, 2.24) is 5.32 Å². The van der Waals surface area contributed by atoms with Crippen LogP contribution >= 0.6 is 15.9 Å². The summed E-state index contributed by atoms with van der Waals surface area (Å²) in [5.74, 6) is 0.935. The zero-order valence-electron chi connectivity index (χ0n) is 10.0. The summed E-state index contributed by atoms with van der Waals surface area (Å²) in [5, 5.41) is 3.44. The number of hydrogen-bond acceptors (Lipinski definition) is 2. The molecule has 0 aliphatic carbocycles. The summed E-state index contributed by atoms with van der Waals surface area (Å²) in [5.41, 5.74) is 2.49. The Morgan fingerprint density at radius 1 is 1.29 bits per heavy atom. The average Bonchev–Trinajstić information content (AvgIpc) is 2.72. The molecule has 0 aliphatic heterocycles. The van der Waals surface area contributed by atoms with Crippen LogP contribution in [0.5, 0.6) is 0 Å². The van der Waals surface area contributed by atoms with Crippen LogP contribution in [-0.4, -0.2) is 6.54 Å². The summed E-state index contributed by atoms with van der Waals surface area (Å²) in [7, 11) is 0. The van der Waals surface area contributed by atoms with Gasteiger partial charge in [-0.05, 0) is 47.1 Å². The zero-order chi connectivity index (χ0) is 12.3. The van der Waals surface area contributed by atoms with E-state index in [1.54, 1.807) is 0 Å². The van der Waals surface area contributed by atoms with Crippen LogP contribution < -0.4 is 5.32 Å². The van der Waals surface area contributed by atoms with Gasteiger partial charge < -0.3 is 9.73 Å². The molecule has 0 saturated heterocycles. The molecule has 0 amide bonds. The summed E-state index contributed by atoms with van der Waals surface area (Å²) in [6, 6.07) is 12.5. The average molecular weight is 294 g/mol. The fourth-order valence-corrected chi connectivity index (χ4v) is 2.24. The van der Waals surface area contributed by atoms with Crippen LogP contribution in [0.25, 0.3) is 0 Å². The smallest absolute Gasteiger partial charge is 0.169 e. The Bertz CT molecular complexity index is 492. The monoisotopic (exact) mass is 293 g/mol. The first kappa shape index (κ1) is 12.4. The lowest BCUT2D eigenvalue weighted by Crippen LogP contribution is -2.21. The second-order valence-corrected chi connectivity index (χ2v) is 4.83. The van der Waals surface area contributed by atoms with Crippen molar-refractivity contribution in [2.24, 2.45) is 0 Å². The van der Waals surface area contributed by atoms with Crippen LogP contribution in [0.4, 0.5) is 0 Å². The first-order valence-electron chi connectivity index (χ1n) is 5.76. The highest BCUT2D eigenvalue weighted by Crippen LogP contribution is 2.26. The van der Waals surface area contributed by atoms with E-state index in [-0.39, 0.29) is 6.04 Å². The Morgan fingerprint density at radius 3 is 2.71 bits per heavy atom. The van der Waals surface area contributed by atoms with Gasteiger partial charge in [0.1, 0.15) is 5.76 Å². The van der Waals surface area contributed by atoms with E-state index < -0.39 is 0 Å². The molecule has 1 unspecified atom stereocenters. The molecule has 1 atom stereocenters. The van der Waals surface area contributed by atoms with Crippen LogP contribution in [0.15, 0.2) is 45.5 Å². The maximum absolute atomic E-state index is 5.65. The minimum absolute atomic E-state index is 0.117. The fourth-order valence-electron chi connectivity index (χ4n) is 1.92. The number of benzene rings is 1. The van der Waals surface area contributed by atoms with Gasteiger partial charge in [0.15, 0.2) is 4.67 Å². The summed E-state index contributed by atoms with van der Waals surface area (Å²) in [6.45, 7) is 5.10. The normalized spacial score (nSPS) is 12.6. The second kappa shape index (κ2) is 5.52. The predicted molar refractivity (Wildman–Crippen MR) is 73.1 cm³/mol. The van der Waals surface area contributed by atoms with Crippen LogP contribution in [-0.2, 0) is 0 Å². The fraction of sp³-hybridized carbons (Fsp3) is 0.286. The first-order chi connectivity index (χ1) is 8.20. The van der Waals surface area contributed by atoms with E-state index in [0.29, 0.717) is 0 Å². The van der Waals surface area contributed by atoms with Gasteiger partial charge in [-0.3, -0.25) is 0 Å². The molecule has 3 heteroatoms. The molecule has 2 nitrogen and oxygen atoms in total. The van der Waals surface area contributed by atoms with Crippen molar-refractivity contribution in [2.75, 3.05) is 6.54 Å². The molecule has 1 heterocycles. The van der Waals surface area contributed by atoms with Gasteiger partial charge in [0.2, 0.25) is 0 Å². The van der Waals surface area contributed by atoms with Crippen molar-refractivity contribution in [3.8, 4) is 0 Å². The third kappa shape index (κ3) is 2.99. The molecule has 0 saturated carbocycles. The molecule has 0 radical (unpaired) electrons. The van der Waals surface area contributed by atoms with E-state index in [9.17, 15) is 0 Å². The highest BCUT2D eigenvalue weighted by molar-refractivity contribution is 9.10. The number of nitrogens with one attached hydrogen (secondary N) is 1. The molecule has 2 aromatic rings. The zero-order valence-corrected chi connectivity index (χ0v) is 11.6. The Morgan fingerprint density at radius 2 is 2.12 bits per heavy atom. The molecule has 0 fully saturated rings. The van der Waals surface area contributed by atoms with E-state index >= 15 is 0 Å². The molecule has 1 aromatic heterocycles. The van der Waals surface area contributed by atoms with E-state index in [4.69, 9.17) is 4.42 Å². The van der Waals surface area contributed by atoms with E-state index in [1.165, 1.54) is 11.1 Å². The predicted octanol–water partition coefficient (Wildman–Crippen LogP) is 4.05.